The van der Waals surface area contributed by atoms with Crippen molar-refractivity contribution >= 4 is 5.97 Å². The van der Waals surface area contributed by atoms with Crippen molar-refractivity contribution in [1.82, 2.24) is 5.32 Å². The predicted octanol–water partition coefficient (Wildman–Crippen LogP) is -0.552. The van der Waals surface area contributed by atoms with Gasteiger partial charge in [-0.15, -0.1) is 0 Å². The van der Waals surface area contributed by atoms with Crippen LogP contribution in [0.5, 0.6) is 0 Å². The second-order valence-corrected chi connectivity index (χ2v) is 2.35. The molecule has 0 aromatic rings. The second-order valence-electron chi connectivity index (χ2n) is 2.35. The van der Waals surface area contributed by atoms with Gasteiger partial charge in [-0.05, 0) is 6.92 Å². The first kappa shape index (κ1) is 7.50. The first-order chi connectivity index (χ1) is 4.72. The molecule has 58 valence electrons. The van der Waals surface area contributed by atoms with E-state index < -0.39 is 12.0 Å². The minimum absolute atomic E-state index is 0.216. The molecular formula is C6H11NO3. The van der Waals surface area contributed by atoms with Gasteiger partial charge in [0.05, 0.1) is 12.7 Å². The van der Waals surface area contributed by atoms with E-state index in [-0.39, 0.29) is 6.10 Å². The van der Waals surface area contributed by atoms with E-state index in [1.807, 2.05) is 0 Å². The third-order valence-electron chi connectivity index (χ3n) is 1.58. The maximum absolute atomic E-state index is 10.4. The van der Waals surface area contributed by atoms with Gasteiger partial charge in [0, 0.05) is 6.54 Å². The van der Waals surface area contributed by atoms with Crippen molar-refractivity contribution in [2.24, 2.45) is 0 Å². The van der Waals surface area contributed by atoms with Gasteiger partial charge in [-0.2, -0.15) is 0 Å². The van der Waals surface area contributed by atoms with Gasteiger partial charge < -0.3 is 9.84 Å². The predicted molar refractivity (Wildman–Crippen MR) is 34.8 cm³/mol. The normalized spacial score (nSPS) is 33.7. The van der Waals surface area contributed by atoms with Gasteiger partial charge in [-0.3, -0.25) is 10.1 Å². The molecule has 0 unspecified atom stereocenters. The molecule has 0 saturated carbocycles. The fourth-order valence-corrected chi connectivity index (χ4v) is 1.01. The lowest BCUT2D eigenvalue weighted by molar-refractivity contribution is -0.145. The largest absolute Gasteiger partial charge is 0.480 e. The number of aliphatic carboxylic acids is 1. The van der Waals surface area contributed by atoms with Gasteiger partial charge in [0.25, 0.3) is 0 Å². The van der Waals surface area contributed by atoms with Crippen molar-refractivity contribution in [3.05, 3.63) is 0 Å². The molecule has 0 bridgehead atoms. The highest BCUT2D eigenvalue weighted by Gasteiger charge is 2.27. The first-order valence-corrected chi connectivity index (χ1v) is 3.29. The zero-order valence-electron chi connectivity index (χ0n) is 5.83. The SMILES string of the molecule is C[C@H]1OCCN[C@H]1C(=O)O. The van der Waals surface area contributed by atoms with Crippen LogP contribution in [0.3, 0.4) is 0 Å². The topological polar surface area (TPSA) is 58.6 Å². The van der Waals surface area contributed by atoms with Crippen molar-refractivity contribution < 1.29 is 14.6 Å². The highest BCUT2D eigenvalue weighted by Crippen LogP contribution is 2.02. The van der Waals surface area contributed by atoms with E-state index in [0.29, 0.717) is 13.2 Å². The molecule has 0 aromatic heterocycles. The van der Waals surface area contributed by atoms with Crippen LogP contribution in [0, 0.1) is 0 Å². The Balaban J connectivity index is 2.47. The molecule has 0 aromatic carbocycles. The highest BCUT2D eigenvalue weighted by molar-refractivity contribution is 5.74. The van der Waals surface area contributed by atoms with Crippen LogP contribution in [-0.4, -0.2) is 36.4 Å². The molecule has 4 heteroatoms. The number of carboxylic acid groups (broad SMARTS) is 1. The summed E-state index contributed by atoms with van der Waals surface area (Å²) in [6.45, 7) is 2.98. The molecular weight excluding hydrogens is 134 g/mol. The zero-order valence-corrected chi connectivity index (χ0v) is 5.83. The lowest BCUT2D eigenvalue weighted by Crippen LogP contribution is -2.51. The van der Waals surface area contributed by atoms with Crippen molar-refractivity contribution in [3.63, 3.8) is 0 Å². The minimum atomic E-state index is -0.841. The fraction of sp³-hybridized carbons (Fsp3) is 0.833. The van der Waals surface area contributed by atoms with Crippen LogP contribution in [0.15, 0.2) is 0 Å². The summed E-state index contributed by atoms with van der Waals surface area (Å²) in [4.78, 5) is 10.4. The van der Waals surface area contributed by atoms with Gasteiger partial charge in [0.15, 0.2) is 0 Å². The van der Waals surface area contributed by atoms with Crippen molar-refractivity contribution in [2.45, 2.75) is 19.1 Å². The molecule has 1 heterocycles. The van der Waals surface area contributed by atoms with Crippen LogP contribution < -0.4 is 5.32 Å². The minimum Gasteiger partial charge on any atom is -0.480 e. The third-order valence-corrected chi connectivity index (χ3v) is 1.58. The zero-order chi connectivity index (χ0) is 7.56. The maximum atomic E-state index is 10.4. The van der Waals surface area contributed by atoms with E-state index >= 15 is 0 Å². The van der Waals surface area contributed by atoms with Crippen LogP contribution in [0.4, 0.5) is 0 Å². The number of rotatable bonds is 1. The average molecular weight is 145 g/mol. The van der Waals surface area contributed by atoms with Gasteiger partial charge >= 0.3 is 5.97 Å². The Kier molecular flexibility index (Phi) is 2.24. The molecule has 1 rings (SSSR count). The molecule has 0 aliphatic carbocycles. The quantitative estimate of drug-likeness (QED) is 0.519. The number of hydrogen-bond donors (Lipinski definition) is 2. The molecule has 2 N–H and O–H groups in total. The first-order valence-electron chi connectivity index (χ1n) is 3.29. The Morgan fingerprint density at radius 1 is 1.80 bits per heavy atom. The summed E-state index contributed by atoms with van der Waals surface area (Å²) in [5.41, 5.74) is 0. The summed E-state index contributed by atoms with van der Waals surface area (Å²) in [5.74, 6) is -0.841. The molecule has 10 heavy (non-hydrogen) atoms. The summed E-state index contributed by atoms with van der Waals surface area (Å²) in [7, 11) is 0. The summed E-state index contributed by atoms with van der Waals surface area (Å²) in [5, 5.41) is 11.4. The molecule has 1 fully saturated rings. The standard InChI is InChI=1S/C6H11NO3/c1-4-5(6(8)9)7-2-3-10-4/h4-5,7H,2-3H2,1H3,(H,8,9)/t4-,5-/m1/s1. The average Bonchev–Trinajstić information content (AvgIpc) is 1.88. The Labute approximate surface area is 59.2 Å². The Bertz CT molecular complexity index is 137. The van der Waals surface area contributed by atoms with E-state index in [4.69, 9.17) is 9.84 Å². The number of carboxylic acids is 1. The van der Waals surface area contributed by atoms with Crippen molar-refractivity contribution in [1.29, 1.82) is 0 Å². The van der Waals surface area contributed by atoms with Gasteiger partial charge in [0.2, 0.25) is 0 Å². The van der Waals surface area contributed by atoms with Gasteiger partial charge in [-0.25, -0.2) is 0 Å². The van der Waals surface area contributed by atoms with Crippen LogP contribution in [-0.2, 0) is 9.53 Å². The number of hydrogen-bond acceptors (Lipinski definition) is 3. The lowest BCUT2D eigenvalue weighted by Gasteiger charge is -2.26. The van der Waals surface area contributed by atoms with E-state index in [2.05, 4.69) is 5.32 Å². The molecule has 4 nitrogen and oxygen atoms in total. The Hall–Kier alpha value is -0.610. The molecule has 0 amide bonds. The van der Waals surface area contributed by atoms with Crippen LogP contribution in [0.2, 0.25) is 0 Å². The van der Waals surface area contributed by atoms with Gasteiger partial charge in [0.1, 0.15) is 6.04 Å². The summed E-state index contributed by atoms with van der Waals surface area (Å²) in [6, 6.07) is -0.534. The molecule has 1 aliphatic heterocycles. The summed E-state index contributed by atoms with van der Waals surface area (Å²) < 4.78 is 5.11. The monoisotopic (exact) mass is 145 g/mol. The third kappa shape index (κ3) is 1.46. The van der Waals surface area contributed by atoms with E-state index in [9.17, 15) is 4.79 Å². The van der Waals surface area contributed by atoms with Crippen LogP contribution in [0.25, 0.3) is 0 Å². The van der Waals surface area contributed by atoms with Crippen LogP contribution >= 0.6 is 0 Å². The van der Waals surface area contributed by atoms with Crippen molar-refractivity contribution in [2.75, 3.05) is 13.2 Å². The second kappa shape index (κ2) is 2.98. The van der Waals surface area contributed by atoms with Crippen LogP contribution in [0.1, 0.15) is 6.92 Å². The molecule has 1 aliphatic rings. The van der Waals surface area contributed by atoms with Gasteiger partial charge in [-0.1, -0.05) is 0 Å². The van der Waals surface area contributed by atoms with E-state index in [0.717, 1.165) is 0 Å². The molecule has 2 atom stereocenters. The summed E-state index contributed by atoms with van der Waals surface area (Å²) in [6.07, 6.45) is -0.216. The van der Waals surface area contributed by atoms with E-state index in [1.165, 1.54) is 0 Å². The highest BCUT2D eigenvalue weighted by atomic mass is 16.5. The lowest BCUT2D eigenvalue weighted by atomic mass is 10.1. The number of ether oxygens (including phenoxy) is 1. The number of morpholine rings is 1. The molecule has 1 saturated heterocycles. The Morgan fingerprint density at radius 2 is 2.50 bits per heavy atom. The molecule has 0 spiro atoms. The number of nitrogens with one attached hydrogen (secondary N) is 1. The molecule has 0 radical (unpaired) electrons. The Morgan fingerprint density at radius 3 is 2.90 bits per heavy atom. The maximum Gasteiger partial charge on any atom is 0.323 e. The van der Waals surface area contributed by atoms with E-state index in [1.54, 1.807) is 6.92 Å². The summed E-state index contributed by atoms with van der Waals surface area (Å²) >= 11 is 0. The smallest absolute Gasteiger partial charge is 0.323 e. The number of carbonyl (C=O) groups is 1. The fourth-order valence-electron chi connectivity index (χ4n) is 1.01. The van der Waals surface area contributed by atoms with Crippen molar-refractivity contribution in [3.8, 4) is 0 Å².